The van der Waals surface area contributed by atoms with E-state index in [1.165, 1.54) is 49.9 Å². The molecule has 0 amide bonds. The summed E-state index contributed by atoms with van der Waals surface area (Å²) in [4.78, 5) is 14.0. The second-order valence-electron chi connectivity index (χ2n) is 9.69. The van der Waals surface area contributed by atoms with Crippen LogP contribution in [0, 0.1) is 0 Å². The first-order chi connectivity index (χ1) is 17.4. The van der Waals surface area contributed by atoms with Crippen LogP contribution < -0.4 is 0 Å². The van der Waals surface area contributed by atoms with Gasteiger partial charge in [0.1, 0.15) is 5.65 Å². The lowest BCUT2D eigenvalue weighted by Gasteiger charge is -2.13. The van der Waals surface area contributed by atoms with Crippen molar-refractivity contribution in [2.75, 3.05) is 0 Å². The van der Waals surface area contributed by atoms with Gasteiger partial charge in [0, 0.05) is 34.7 Å². The van der Waals surface area contributed by atoms with Crippen molar-refractivity contribution in [1.82, 2.24) is 19.4 Å². The third-order valence-electron chi connectivity index (χ3n) is 8.00. The molecule has 0 radical (unpaired) electrons. The molecule has 4 heterocycles. The number of nitrogens with zero attached hydrogens (tertiary/aromatic N) is 4. The van der Waals surface area contributed by atoms with E-state index in [9.17, 15) is 0 Å². The number of aromatic nitrogens is 4. The zero-order valence-corrected chi connectivity index (χ0v) is 18.8. The first kappa shape index (κ1) is 17.8. The van der Waals surface area contributed by atoms with E-state index >= 15 is 0 Å². The third kappa shape index (κ3) is 2.11. The molecule has 2 aliphatic carbocycles. The van der Waals surface area contributed by atoms with Gasteiger partial charge in [-0.05, 0) is 69.5 Å². The maximum absolute atomic E-state index is 5.07. The molecule has 0 saturated carbocycles. The standard InChI is InChI=1S/C31H18N4/c1-2-4-20-17(3-1)13-18-5-7-21-23(28(18)20)14-19-6-8-22-30(29(19)21)24-15-32-12-10-26(24)35-27-16-33-11-9-25(27)34-31(22)35/h1-12,15-16H,13-14H2. The molecule has 9 rings (SSSR count). The summed E-state index contributed by atoms with van der Waals surface area (Å²) in [6, 6.07) is 22.2. The second-order valence-corrected chi connectivity index (χ2v) is 9.69. The number of pyridine rings is 3. The van der Waals surface area contributed by atoms with E-state index < -0.39 is 0 Å². The molecular formula is C31H18N4. The van der Waals surface area contributed by atoms with Gasteiger partial charge in [-0.2, -0.15) is 0 Å². The van der Waals surface area contributed by atoms with Gasteiger partial charge >= 0.3 is 0 Å². The van der Waals surface area contributed by atoms with Gasteiger partial charge in [0.25, 0.3) is 0 Å². The summed E-state index contributed by atoms with van der Waals surface area (Å²) in [6.45, 7) is 0. The van der Waals surface area contributed by atoms with E-state index in [2.05, 4.69) is 69.0 Å². The summed E-state index contributed by atoms with van der Waals surface area (Å²) in [5.41, 5.74) is 15.4. The summed E-state index contributed by atoms with van der Waals surface area (Å²) in [5.74, 6) is 0. The van der Waals surface area contributed by atoms with Crippen molar-refractivity contribution in [3.63, 3.8) is 0 Å². The van der Waals surface area contributed by atoms with Crippen molar-refractivity contribution in [1.29, 1.82) is 0 Å². The zero-order chi connectivity index (χ0) is 22.7. The highest BCUT2D eigenvalue weighted by Crippen LogP contribution is 2.50. The molecule has 0 saturated heterocycles. The number of rotatable bonds is 0. The fraction of sp³-hybridized carbons (Fsp3) is 0.0645. The predicted octanol–water partition coefficient (Wildman–Crippen LogP) is 6.73. The lowest BCUT2D eigenvalue weighted by Crippen LogP contribution is -1.94. The van der Waals surface area contributed by atoms with Gasteiger partial charge in [0.15, 0.2) is 0 Å². The van der Waals surface area contributed by atoms with E-state index in [4.69, 9.17) is 4.98 Å². The minimum absolute atomic E-state index is 0.959. The molecule has 0 N–H and O–H groups in total. The maximum Gasteiger partial charge on any atom is 0.146 e. The Morgan fingerprint density at radius 3 is 2.49 bits per heavy atom. The van der Waals surface area contributed by atoms with Crippen LogP contribution in [0.3, 0.4) is 0 Å². The molecular weight excluding hydrogens is 428 g/mol. The molecule has 0 aliphatic heterocycles. The number of hydrogen-bond acceptors (Lipinski definition) is 3. The minimum atomic E-state index is 0.959. The first-order valence-corrected chi connectivity index (χ1v) is 12.0. The van der Waals surface area contributed by atoms with Crippen LogP contribution in [0.2, 0.25) is 0 Å². The van der Waals surface area contributed by atoms with Crippen LogP contribution in [0.25, 0.3) is 60.6 Å². The molecule has 4 heteroatoms. The molecule has 0 atom stereocenters. The molecule has 3 aromatic carbocycles. The normalized spacial score (nSPS) is 13.5. The average molecular weight is 447 g/mol. The topological polar surface area (TPSA) is 43.1 Å². The van der Waals surface area contributed by atoms with Crippen LogP contribution in [0.15, 0.2) is 85.5 Å². The minimum Gasteiger partial charge on any atom is -0.290 e. The number of hydrogen-bond donors (Lipinski definition) is 0. The Morgan fingerprint density at radius 1 is 0.629 bits per heavy atom. The molecule has 7 aromatic rings. The molecule has 35 heavy (non-hydrogen) atoms. The number of fused-ring (bicyclic) bond motifs is 16. The fourth-order valence-corrected chi connectivity index (χ4v) is 6.60. The van der Waals surface area contributed by atoms with Gasteiger partial charge in [-0.3, -0.25) is 14.4 Å². The summed E-state index contributed by atoms with van der Waals surface area (Å²) in [5, 5.41) is 3.57. The van der Waals surface area contributed by atoms with E-state index in [1.54, 1.807) is 0 Å². The fourth-order valence-electron chi connectivity index (χ4n) is 6.60. The molecule has 4 aromatic heterocycles. The Balaban J connectivity index is 1.47. The smallest absolute Gasteiger partial charge is 0.146 e. The Hall–Kier alpha value is -4.57. The number of benzene rings is 3. The Kier molecular flexibility index (Phi) is 3.11. The van der Waals surface area contributed by atoms with Gasteiger partial charge in [0.05, 0.1) is 22.7 Å². The van der Waals surface area contributed by atoms with Crippen molar-refractivity contribution in [2.45, 2.75) is 12.8 Å². The monoisotopic (exact) mass is 446 g/mol. The van der Waals surface area contributed by atoms with Crippen LogP contribution >= 0.6 is 0 Å². The van der Waals surface area contributed by atoms with Crippen molar-refractivity contribution < 1.29 is 0 Å². The molecule has 0 bridgehead atoms. The molecule has 0 spiro atoms. The van der Waals surface area contributed by atoms with E-state index in [1.807, 2.05) is 30.9 Å². The van der Waals surface area contributed by atoms with Crippen molar-refractivity contribution >= 4 is 38.4 Å². The van der Waals surface area contributed by atoms with Crippen LogP contribution in [0.1, 0.15) is 22.3 Å². The summed E-state index contributed by atoms with van der Waals surface area (Å²) < 4.78 is 2.24. The summed E-state index contributed by atoms with van der Waals surface area (Å²) in [6.07, 6.45) is 9.60. The van der Waals surface area contributed by atoms with E-state index in [-0.39, 0.29) is 0 Å². The van der Waals surface area contributed by atoms with Crippen molar-refractivity contribution in [3.05, 3.63) is 108 Å². The summed E-state index contributed by atoms with van der Waals surface area (Å²) in [7, 11) is 0. The van der Waals surface area contributed by atoms with Gasteiger partial charge in [-0.15, -0.1) is 0 Å². The average Bonchev–Trinajstić information content (AvgIpc) is 3.59. The van der Waals surface area contributed by atoms with E-state index in [0.717, 1.165) is 45.8 Å². The Bertz CT molecular complexity index is 2070. The molecule has 2 aliphatic rings. The van der Waals surface area contributed by atoms with Crippen molar-refractivity contribution in [3.8, 4) is 22.3 Å². The van der Waals surface area contributed by atoms with E-state index in [0.29, 0.717) is 0 Å². The van der Waals surface area contributed by atoms with Crippen LogP contribution in [-0.4, -0.2) is 19.4 Å². The van der Waals surface area contributed by atoms with Crippen molar-refractivity contribution in [2.24, 2.45) is 0 Å². The summed E-state index contributed by atoms with van der Waals surface area (Å²) >= 11 is 0. The number of imidazole rings is 1. The Morgan fingerprint density at radius 2 is 1.49 bits per heavy atom. The first-order valence-electron chi connectivity index (χ1n) is 12.0. The third-order valence-corrected chi connectivity index (χ3v) is 8.00. The van der Waals surface area contributed by atoms with Gasteiger partial charge in [0.2, 0.25) is 0 Å². The zero-order valence-electron chi connectivity index (χ0n) is 18.8. The highest BCUT2D eigenvalue weighted by molar-refractivity contribution is 6.20. The maximum atomic E-state index is 5.07. The van der Waals surface area contributed by atoms with Crippen LogP contribution in [-0.2, 0) is 12.8 Å². The Labute approximate surface area is 200 Å². The quantitative estimate of drug-likeness (QED) is 0.243. The largest absolute Gasteiger partial charge is 0.290 e. The molecule has 0 fully saturated rings. The molecule has 4 nitrogen and oxygen atoms in total. The molecule has 162 valence electrons. The van der Waals surface area contributed by atoms with Gasteiger partial charge in [-0.25, -0.2) is 4.98 Å². The molecule has 0 unspecified atom stereocenters. The van der Waals surface area contributed by atoms with Crippen LogP contribution in [0.5, 0.6) is 0 Å². The lowest BCUT2D eigenvalue weighted by molar-refractivity contribution is 1.23. The SMILES string of the molecule is c1ccc2c(c1)Cc1ccc3c(c1-2)Cc1ccc2c(c1-3)c1cnccc1n1c3cnccc3nc21. The highest BCUT2D eigenvalue weighted by Gasteiger charge is 2.30. The van der Waals surface area contributed by atoms with Crippen LogP contribution in [0.4, 0.5) is 0 Å². The second kappa shape index (κ2) is 6.10. The predicted molar refractivity (Wildman–Crippen MR) is 140 cm³/mol. The van der Waals surface area contributed by atoms with Gasteiger partial charge in [-0.1, -0.05) is 48.5 Å². The lowest BCUT2D eigenvalue weighted by atomic mass is 9.93. The highest BCUT2D eigenvalue weighted by atomic mass is 15.0. The van der Waals surface area contributed by atoms with Gasteiger partial charge < -0.3 is 0 Å².